The van der Waals surface area contributed by atoms with Gasteiger partial charge in [-0.15, -0.1) is 0 Å². The largest absolute Gasteiger partial charge is 0.397 e. The SMILES string of the molecule is Cc1cc(-n2[nH]c(C)c(-c3ccc(C#N)cc3)c2=O)ncc1N. The summed E-state index contributed by atoms with van der Waals surface area (Å²) in [6.45, 7) is 3.69. The van der Waals surface area contributed by atoms with Crippen molar-refractivity contribution in [2.45, 2.75) is 13.8 Å². The van der Waals surface area contributed by atoms with Crippen molar-refractivity contribution in [2.24, 2.45) is 0 Å². The number of anilines is 1. The average Bonchev–Trinajstić information content (AvgIpc) is 2.85. The number of pyridine rings is 1. The Labute approximate surface area is 132 Å². The van der Waals surface area contributed by atoms with Crippen LogP contribution in [0.15, 0.2) is 41.3 Å². The van der Waals surface area contributed by atoms with E-state index in [2.05, 4.69) is 16.2 Å². The molecule has 3 N–H and O–H groups in total. The van der Waals surface area contributed by atoms with Crippen molar-refractivity contribution >= 4 is 5.69 Å². The number of H-pyrrole nitrogens is 1. The summed E-state index contributed by atoms with van der Waals surface area (Å²) in [7, 11) is 0. The fourth-order valence-electron chi connectivity index (χ4n) is 2.43. The number of nitriles is 1. The highest BCUT2D eigenvalue weighted by atomic mass is 16.1. The van der Waals surface area contributed by atoms with E-state index in [0.29, 0.717) is 22.6 Å². The standard InChI is InChI=1S/C17H15N5O/c1-10-7-15(20-9-14(10)19)22-17(23)16(11(2)21-22)13-5-3-12(8-18)4-6-13/h3-7,9,21H,19H2,1-2H3. The second-order valence-corrected chi connectivity index (χ2v) is 5.34. The van der Waals surface area contributed by atoms with Gasteiger partial charge in [0.15, 0.2) is 5.82 Å². The Morgan fingerprint density at radius 3 is 2.57 bits per heavy atom. The summed E-state index contributed by atoms with van der Waals surface area (Å²) in [4.78, 5) is 16.9. The maximum Gasteiger partial charge on any atom is 0.280 e. The average molecular weight is 305 g/mol. The van der Waals surface area contributed by atoms with Crippen LogP contribution in [0.4, 0.5) is 5.69 Å². The van der Waals surface area contributed by atoms with Gasteiger partial charge in [0.25, 0.3) is 5.56 Å². The first-order chi connectivity index (χ1) is 11.0. The molecule has 0 aliphatic rings. The zero-order valence-corrected chi connectivity index (χ0v) is 12.8. The smallest absolute Gasteiger partial charge is 0.280 e. The molecular formula is C17H15N5O. The Bertz CT molecular complexity index is 974. The van der Waals surface area contributed by atoms with E-state index < -0.39 is 0 Å². The Kier molecular flexibility index (Phi) is 3.47. The highest BCUT2D eigenvalue weighted by Crippen LogP contribution is 2.20. The van der Waals surface area contributed by atoms with Crippen LogP contribution in [0.3, 0.4) is 0 Å². The van der Waals surface area contributed by atoms with Crippen molar-refractivity contribution < 1.29 is 0 Å². The van der Waals surface area contributed by atoms with Crippen molar-refractivity contribution in [3.8, 4) is 23.0 Å². The zero-order valence-electron chi connectivity index (χ0n) is 12.8. The topological polar surface area (TPSA) is 100 Å². The van der Waals surface area contributed by atoms with Gasteiger partial charge in [-0.3, -0.25) is 9.89 Å². The van der Waals surface area contributed by atoms with Gasteiger partial charge in [0, 0.05) is 5.69 Å². The second-order valence-electron chi connectivity index (χ2n) is 5.34. The number of hydrogen-bond acceptors (Lipinski definition) is 4. The first-order valence-electron chi connectivity index (χ1n) is 7.06. The summed E-state index contributed by atoms with van der Waals surface area (Å²) >= 11 is 0. The van der Waals surface area contributed by atoms with E-state index in [-0.39, 0.29) is 5.56 Å². The molecule has 6 heteroatoms. The summed E-state index contributed by atoms with van der Waals surface area (Å²) in [5.41, 5.74) is 9.62. The minimum atomic E-state index is -0.191. The van der Waals surface area contributed by atoms with E-state index in [1.165, 1.54) is 10.9 Å². The van der Waals surface area contributed by atoms with E-state index >= 15 is 0 Å². The molecule has 0 saturated carbocycles. The third kappa shape index (κ3) is 2.49. The van der Waals surface area contributed by atoms with Crippen LogP contribution in [-0.2, 0) is 0 Å². The first-order valence-corrected chi connectivity index (χ1v) is 7.06. The van der Waals surface area contributed by atoms with Crippen molar-refractivity contribution in [1.29, 1.82) is 5.26 Å². The van der Waals surface area contributed by atoms with Gasteiger partial charge < -0.3 is 5.73 Å². The number of nitrogen functional groups attached to an aromatic ring is 1. The summed E-state index contributed by atoms with van der Waals surface area (Å²) in [5.74, 6) is 0.490. The van der Waals surface area contributed by atoms with Gasteiger partial charge in [-0.05, 0) is 43.2 Å². The molecule has 1 aromatic carbocycles. The predicted octanol–water partition coefficient (Wildman–Crippen LogP) is 2.30. The molecule has 0 aliphatic heterocycles. The van der Waals surface area contributed by atoms with Crippen LogP contribution in [0.25, 0.3) is 16.9 Å². The van der Waals surface area contributed by atoms with Gasteiger partial charge in [-0.25, -0.2) is 9.67 Å². The zero-order chi connectivity index (χ0) is 16.6. The van der Waals surface area contributed by atoms with Crippen LogP contribution in [0.5, 0.6) is 0 Å². The normalized spacial score (nSPS) is 10.5. The molecule has 0 atom stereocenters. The molecule has 0 saturated heterocycles. The van der Waals surface area contributed by atoms with E-state index in [0.717, 1.165) is 16.8 Å². The number of nitrogens with two attached hydrogens (primary N) is 1. The number of nitrogens with zero attached hydrogens (tertiary/aromatic N) is 3. The van der Waals surface area contributed by atoms with Gasteiger partial charge >= 0.3 is 0 Å². The number of rotatable bonds is 2. The van der Waals surface area contributed by atoms with Crippen LogP contribution < -0.4 is 11.3 Å². The molecule has 0 unspecified atom stereocenters. The highest BCUT2D eigenvalue weighted by Gasteiger charge is 2.15. The Morgan fingerprint density at radius 1 is 1.26 bits per heavy atom. The summed E-state index contributed by atoms with van der Waals surface area (Å²) < 4.78 is 1.40. The molecule has 0 amide bonds. The molecular weight excluding hydrogens is 290 g/mol. The molecule has 2 heterocycles. The van der Waals surface area contributed by atoms with Crippen LogP contribution in [-0.4, -0.2) is 14.8 Å². The van der Waals surface area contributed by atoms with Crippen molar-refractivity contribution in [3.05, 3.63) is 63.7 Å². The van der Waals surface area contributed by atoms with E-state index in [1.54, 1.807) is 30.3 Å². The van der Waals surface area contributed by atoms with Gasteiger partial charge in [-0.1, -0.05) is 12.1 Å². The number of aryl methyl sites for hydroxylation is 2. The minimum absolute atomic E-state index is 0.191. The quantitative estimate of drug-likeness (QED) is 0.758. The molecule has 6 nitrogen and oxygen atoms in total. The molecule has 0 fully saturated rings. The number of nitrogens with one attached hydrogen (secondary N) is 1. The lowest BCUT2D eigenvalue weighted by molar-refractivity contribution is 0.806. The number of benzene rings is 1. The van der Waals surface area contributed by atoms with Crippen LogP contribution in [0, 0.1) is 25.2 Å². The molecule has 0 spiro atoms. The van der Waals surface area contributed by atoms with Crippen molar-refractivity contribution in [2.75, 3.05) is 5.73 Å². The Balaban J connectivity index is 2.14. The van der Waals surface area contributed by atoms with Crippen LogP contribution in [0.2, 0.25) is 0 Å². The maximum absolute atomic E-state index is 12.7. The van der Waals surface area contributed by atoms with E-state index in [1.807, 2.05) is 13.8 Å². The fourth-order valence-corrected chi connectivity index (χ4v) is 2.43. The summed E-state index contributed by atoms with van der Waals surface area (Å²) in [5, 5.41) is 11.9. The first kappa shape index (κ1) is 14.6. The molecule has 0 aliphatic carbocycles. The van der Waals surface area contributed by atoms with Gasteiger partial charge in [-0.2, -0.15) is 5.26 Å². The molecule has 3 aromatic rings. The van der Waals surface area contributed by atoms with E-state index in [9.17, 15) is 4.79 Å². The Morgan fingerprint density at radius 2 is 1.96 bits per heavy atom. The summed E-state index contributed by atoms with van der Waals surface area (Å²) in [6.07, 6.45) is 1.54. The van der Waals surface area contributed by atoms with Gasteiger partial charge in [0.05, 0.1) is 29.1 Å². The molecule has 0 radical (unpaired) electrons. The van der Waals surface area contributed by atoms with Crippen LogP contribution in [0.1, 0.15) is 16.8 Å². The number of aromatic amines is 1. The number of hydrogen-bond donors (Lipinski definition) is 2. The monoisotopic (exact) mass is 305 g/mol. The lowest BCUT2D eigenvalue weighted by Crippen LogP contribution is -2.17. The van der Waals surface area contributed by atoms with Crippen LogP contribution >= 0.6 is 0 Å². The maximum atomic E-state index is 12.7. The molecule has 23 heavy (non-hydrogen) atoms. The molecule has 2 aromatic heterocycles. The second kappa shape index (κ2) is 5.46. The number of aromatic nitrogens is 3. The highest BCUT2D eigenvalue weighted by molar-refractivity contribution is 5.66. The van der Waals surface area contributed by atoms with Crippen molar-refractivity contribution in [3.63, 3.8) is 0 Å². The lowest BCUT2D eigenvalue weighted by Gasteiger charge is -2.03. The van der Waals surface area contributed by atoms with Crippen molar-refractivity contribution in [1.82, 2.24) is 14.8 Å². The summed E-state index contributed by atoms with van der Waals surface area (Å²) in [6, 6.07) is 10.7. The van der Waals surface area contributed by atoms with Gasteiger partial charge in [0.1, 0.15) is 0 Å². The third-order valence-electron chi connectivity index (χ3n) is 3.74. The molecule has 0 bridgehead atoms. The Hall–Kier alpha value is -3.33. The van der Waals surface area contributed by atoms with Gasteiger partial charge in [0.2, 0.25) is 0 Å². The molecule has 114 valence electrons. The van der Waals surface area contributed by atoms with E-state index in [4.69, 9.17) is 11.0 Å². The minimum Gasteiger partial charge on any atom is -0.397 e. The molecule has 3 rings (SSSR count). The fraction of sp³-hybridized carbons (Fsp3) is 0.118. The third-order valence-corrected chi connectivity index (χ3v) is 3.74. The predicted molar refractivity (Wildman–Crippen MR) is 88.2 cm³/mol. The lowest BCUT2D eigenvalue weighted by atomic mass is 10.1.